The molecule has 1 N–H and O–H groups in total. The van der Waals surface area contributed by atoms with Crippen molar-refractivity contribution in [2.75, 3.05) is 13.7 Å². The van der Waals surface area contributed by atoms with Gasteiger partial charge in [-0.2, -0.15) is 10.2 Å². The number of methoxy groups -OCH3 is 1. The number of nitrogens with zero attached hydrogens (tertiary/aromatic N) is 2. The molecule has 1 aromatic carbocycles. The third kappa shape index (κ3) is 3.17. The predicted molar refractivity (Wildman–Crippen MR) is 98.5 cm³/mol. The van der Waals surface area contributed by atoms with Crippen LogP contribution < -0.4 is 9.47 Å². The lowest BCUT2D eigenvalue weighted by Crippen LogP contribution is -2.33. The summed E-state index contributed by atoms with van der Waals surface area (Å²) in [4.78, 5) is 0. The van der Waals surface area contributed by atoms with E-state index < -0.39 is 7.12 Å². The largest absolute Gasteiger partial charge is 0.493 e. The molecule has 1 saturated heterocycles. The molecule has 6 nitrogen and oxygen atoms in total. The van der Waals surface area contributed by atoms with Crippen LogP contribution in [0.3, 0.4) is 0 Å². The smallest absolute Gasteiger partial charge is 0.454 e. The Hall–Kier alpha value is -2.12. The fourth-order valence-electron chi connectivity index (χ4n) is 3.70. The van der Waals surface area contributed by atoms with Crippen LogP contribution in [0.1, 0.15) is 37.3 Å². The summed E-state index contributed by atoms with van der Waals surface area (Å²) < 4.78 is 17.0. The van der Waals surface area contributed by atoms with Gasteiger partial charge in [-0.1, -0.05) is 0 Å². The van der Waals surface area contributed by atoms with Crippen LogP contribution in [0.25, 0.3) is 11.3 Å². The molecule has 0 bridgehead atoms. The minimum absolute atomic E-state index is 0.142. The summed E-state index contributed by atoms with van der Waals surface area (Å²) in [5, 5.41) is 18.2. The van der Waals surface area contributed by atoms with Gasteiger partial charge in [0.2, 0.25) is 0 Å². The lowest BCUT2D eigenvalue weighted by atomic mass is 9.80. The Balaban J connectivity index is 1.75. The normalized spacial score (nSPS) is 21.2. The van der Waals surface area contributed by atoms with Gasteiger partial charge in [0.05, 0.1) is 19.0 Å². The van der Waals surface area contributed by atoms with Gasteiger partial charge in [0.15, 0.2) is 11.5 Å². The first-order valence-corrected chi connectivity index (χ1v) is 8.98. The molecule has 0 unspecified atom stereocenters. The highest BCUT2D eigenvalue weighted by atomic mass is 16.5. The van der Waals surface area contributed by atoms with Crippen LogP contribution in [0, 0.1) is 0 Å². The van der Waals surface area contributed by atoms with E-state index in [9.17, 15) is 5.02 Å². The topological polar surface area (TPSA) is 73.7 Å². The number of fused-ring (bicyclic) bond motifs is 1. The van der Waals surface area contributed by atoms with Crippen LogP contribution >= 0.6 is 0 Å². The van der Waals surface area contributed by atoms with Crippen molar-refractivity contribution < 1.29 is 19.2 Å². The summed E-state index contributed by atoms with van der Waals surface area (Å²) in [6.45, 7) is 4.69. The highest BCUT2D eigenvalue weighted by molar-refractivity contribution is 6.43. The first-order valence-electron chi connectivity index (χ1n) is 8.98. The van der Waals surface area contributed by atoms with Gasteiger partial charge in [0.1, 0.15) is 5.60 Å². The van der Waals surface area contributed by atoms with Gasteiger partial charge in [-0.15, -0.1) is 0 Å². The third-order valence-electron chi connectivity index (χ3n) is 5.20. The number of rotatable bonds is 3. The molecule has 0 spiro atoms. The second-order valence-corrected chi connectivity index (χ2v) is 7.58. The molecule has 4 rings (SSSR count). The molecule has 0 radical (unpaired) electrons. The summed E-state index contributed by atoms with van der Waals surface area (Å²) in [5.41, 5.74) is 3.76. The fourth-order valence-corrected chi connectivity index (χ4v) is 3.70. The molecule has 2 aromatic rings. The highest BCUT2D eigenvalue weighted by Gasteiger charge is 2.32. The van der Waals surface area contributed by atoms with E-state index in [1.54, 1.807) is 13.3 Å². The molecule has 1 aromatic heterocycles. The average Bonchev–Trinajstić information content (AvgIpc) is 3.06. The lowest BCUT2D eigenvalue weighted by molar-refractivity contribution is 0.0806. The number of hydrogen-bond donors (Lipinski definition) is 1. The fraction of sp³-hybridized carbons (Fsp3) is 0.474. The molecule has 136 valence electrons. The van der Waals surface area contributed by atoms with Crippen molar-refractivity contribution in [3.63, 3.8) is 0 Å². The van der Waals surface area contributed by atoms with E-state index in [-0.39, 0.29) is 11.5 Å². The van der Waals surface area contributed by atoms with E-state index in [1.165, 1.54) is 0 Å². The Bertz CT molecular complexity index is 827. The van der Waals surface area contributed by atoms with Crippen molar-refractivity contribution >= 4 is 7.12 Å². The van der Waals surface area contributed by atoms with Gasteiger partial charge < -0.3 is 19.2 Å². The zero-order valence-electron chi connectivity index (χ0n) is 15.4. The van der Waals surface area contributed by atoms with Crippen LogP contribution in [0.5, 0.6) is 11.5 Å². The van der Waals surface area contributed by atoms with Gasteiger partial charge in [-0.05, 0) is 56.8 Å². The quantitative estimate of drug-likeness (QED) is 0.855. The maximum absolute atomic E-state index is 9.62. The van der Waals surface area contributed by atoms with E-state index in [4.69, 9.17) is 14.1 Å². The zero-order chi connectivity index (χ0) is 18.3. The summed E-state index contributed by atoms with van der Waals surface area (Å²) >= 11 is 0. The molecule has 1 atom stereocenters. The highest BCUT2D eigenvalue weighted by Crippen LogP contribution is 2.44. The number of aromatic nitrogens is 2. The van der Waals surface area contributed by atoms with Crippen LogP contribution in [-0.2, 0) is 11.1 Å². The Labute approximate surface area is 153 Å². The Morgan fingerprint density at radius 3 is 2.92 bits per heavy atom. The summed E-state index contributed by atoms with van der Waals surface area (Å²) in [7, 11) is 0.965. The SMILES string of the molecule is COc1ccc(-c2cc([C@@H]3COB(O)C3)cnn2)c2c1OC(C)(C)CC2. The molecular formula is C19H23BN2O4. The monoisotopic (exact) mass is 354 g/mol. The van der Waals surface area contributed by atoms with Gasteiger partial charge >= 0.3 is 7.12 Å². The van der Waals surface area contributed by atoms with Crippen LogP contribution in [0.4, 0.5) is 0 Å². The standard InChI is InChI=1S/C19H23BN2O4/c1-19(2)7-6-15-14(4-5-17(24-3)18(15)26-19)16-8-12(10-21-22-16)13-9-20(23)25-11-13/h4-5,8,10,13,23H,6-7,9,11H2,1-3H3/t13-/m0/s1. The van der Waals surface area contributed by atoms with Crippen molar-refractivity contribution in [2.24, 2.45) is 0 Å². The number of hydrogen-bond acceptors (Lipinski definition) is 6. The first-order chi connectivity index (χ1) is 12.5. The van der Waals surface area contributed by atoms with Gasteiger partial charge in [-0.3, -0.25) is 0 Å². The second-order valence-electron chi connectivity index (χ2n) is 7.58. The molecule has 2 aliphatic rings. The Morgan fingerprint density at radius 1 is 1.35 bits per heavy atom. The molecule has 1 fully saturated rings. The second kappa shape index (κ2) is 6.56. The Kier molecular flexibility index (Phi) is 4.36. The minimum Gasteiger partial charge on any atom is -0.493 e. The maximum atomic E-state index is 9.62. The van der Waals surface area contributed by atoms with Crippen molar-refractivity contribution in [2.45, 2.75) is 44.5 Å². The van der Waals surface area contributed by atoms with E-state index in [0.29, 0.717) is 12.9 Å². The predicted octanol–water partition coefficient (Wildman–Crippen LogP) is 2.85. The van der Waals surface area contributed by atoms with Crippen molar-refractivity contribution in [1.82, 2.24) is 10.2 Å². The third-order valence-corrected chi connectivity index (χ3v) is 5.20. The number of ether oxygens (including phenoxy) is 2. The van der Waals surface area contributed by atoms with Crippen molar-refractivity contribution in [3.05, 3.63) is 35.5 Å². The molecule has 0 amide bonds. The molecule has 3 heterocycles. The van der Waals surface area contributed by atoms with Crippen LogP contribution in [0.2, 0.25) is 6.32 Å². The Morgan fingerprint density at radius 2 is 2.19 bits per heavy atom. The maximum Gasteiger partial charge on any atom is 0.454 e. The average molecular weight is 354 g/mol. The zero-order valence-corrected chi connectivity index (χ0v) is 15.4. The van der Waals surface area contributed by atoms with E-state index in [0.717, 1.165) is 46.7 Å². The van der Waals surface area contributed by atoms with Crippen LogP contribution in [-0.4, -0.2) is 41.7 Å². The van der Waals surface area contributed by atoms with E-state index in [1.807, 2.05) is 18.2 Å². The van der Waals surface area contributed by atoms with Crippen molar-refractivity contribution in [1.29, 1.82) is 0 Å². The summed E-state index contributed by atoms with van der Waals surface area (Å²) in [6, 6.07) is 5.99. The van der Waals surface area contributed by atoms with Gasteiger partial charge in [0.25, 0.3) is 0 Å². The van der Waals surface area contributed by atoms with E-state index >= 15 is 0 Å². The van der Waals surface area contributed by atoms with Gasteiger partial charge in [-0.25, -0.2) is 0 Å². The van der Waals surface area contributed by atoms with Crippen LogP contribution in [0.15, 0.2) is 24.4 Å². The van der Waals surface area contributed by atoms with Crippen molar-refractivity contribution in [3.8, 4) is 22.8 Å². The first kappa shape index (κ1) is 17.3. The summed E-state index contributed by atoms with van der Waals surface area (Å²) in [6.07, 6.45) is 4.16. The molecule has 26 heavy (non-hydrogen) atoms. The molecular weight excluding hydrogens is 331 g/mol. The minimum atomic E-state index is -0.694. The lowest BCUT2D eigenvalue weighted by Gasteiger charge is -2.34. The molecule has 0 saturated carbocycles. The van der Waals surface area contributed by atoms with E-state index in [2.05, 4.69) is 24.0 Å². The number of benzene rings is 1. The molecule has 0 aliphatic carbocycles. The summed E-state index contributed by atoms with van der Waals surface area (Å²) in [5.74, 6) is 1.68. The molecule has 7 heteroatoms. The molecule has 2 aliphatic heterocycles. The van der Waals surface area contributed by atoms with Gasteiger partial charge in [0, 0.05) is 23.7 Å².